The number of aromatic nitrogens is 1. The SMILES string of the molecule is Cc1ccc(S(=O)(=O)N2CCOCC2)cc1C(=O)NCc1ccncc1. The van der Waals surface area contributed by atoms with Crippen LogP contribution >= 0.6 is 0 Å². The first-order valence-corrected chi connectivity index (χ1v) is 9.78. The molecule has 0 aliphatic carbocycles. The van der Waals surface area contributed by atoms with E-state index in [1.165, 1.54) is 10.4 Å². The Kier molecular flexibility index (Phi) is 5.65. The van der Waals surface area contributed by atoms with Gasteiger partial charge in [0.15, 0.2) is 0 Å². The smallest absolute Gasteiger partial charge is 0.251 e. The molecule has 26 heavy (non-hydrogen) atoms. The van der Waals surface area contributed by atoms with Crippen LogP contribution in [0.15, 0.2) is 47.6 Å². The molecule has 7 nitrogen and oxygen atoms in total. The van der Waals surface area contributed by atoms with E-state index in [-0.39, 0.29) is 10.8 Å². The van der Waals surface area contributed by atoms with Gasteiger partial charge in [-0.1, -0.05) is 6.07 Å². The minimum Gasteiger partial charge on any atom is -0.379 e. The summed E-state index contributed by atoms with van der Waals surface area (Å²) in [5, 5.41) is 2.82. The Morgan fingerprint density at radius 2 is 1.88 bits per heavy atom. The van der Waals surface area contributed by atoms with Gasteiger partial charge in [0.05, 0.1) is 18.1 Å². The lowest BCUT2D eigenvalue weighted by Crippen LogP contribution is -2.40. The number of nitrogens with one attached hydrogen (secondary N) is 1. The van der Waals surface area contributed by atoms with Gasteiger partial charge in [0.2, 0.25) is 10.0 Å². The van der Waals surface area contributed by atoms with Gasteiger partial charge in [-0.25, -0.2) is 8.42 Å². The first kappa shape index (κ1) is 18.5. The van der Waals surface area contributed by atoms with Crippen LogP contribution in [0, 0.1) is 6.92 Å². The predicted octanol–water partition coefficient (Wildman–Crippen LogP) is 1.34. The zero-order chi connectivity index (χ0) is 18.6. The monoisotopic (exact) mass is 375 g/mol. The van der Waals surface area contributed by atoms with Crippen molar-refractivity contribution < 1.29 is 17.9 Å². The van der Waals surface area contributed by atoms with Gasteiger partial charge in [-0.05, 0) is 42.3 Å². The fourth-order valence-corrected chi connectivity index (χ4v) is 4.16. The van der Waals surface area contributed by atoms with Gasteiger partial charge < -0.3 is 10.1 Å². The van der Waals surface area contributed by atoms with Crippen molar-refractivity contribution in [2.75, 3.05) is 26.3 Å². The van der Waals surface area contributed by atoms with Gasteiger partial charge in [0.25, 0.3) is 5.91 Å². The van der Waals surface area contributed by atoms with E-state index in [0.29, 0.717) is 38.4 Å². The van der Waals surface area contributed by atoms with Crippen molar-refractivity contribution in [3.05, 3.63) is 59.4 Å². The molecule has 1 N–H and O–H groups in total. The third-order valence-electron chi connectivity index (χ3n) is 4.26. The van der Waals surface area contributed by atoms with Crippen LogP contribution in [-0.2, 0) is 21.3 Å². The lowest BCUT2D eigenvalue weighted by Gasteiger charge is -2.26. The first-order valence-electron chi connectivity index (χ1n) is 8.34. The van der Waals surface area contributed by atoms with E-state index >= 15 is 0 Å². The maximum absolute atomic E-state index is 12.8. The highest BCUT2D eigenvalue weighted by Crippen LogP contribution is 2.20. The summed E-state index contributed by atoms with van der Waals surface area (Å²) in [5.41, 5.74) is 2.00. The molecule has 1 aromatic heterocycles. The van der Waals surface area contributed by atoms with Crippen molar-refractivity contribution in [1.82, 2.24) is 14.6 Å². The number of morpholine rings is 1. The van der Waals surface area contributed by atoms with Crippen molar-refractivity contribution in [3.8, 4) is 0 Å². The Hall–Kier alpha value is -2.29. The van der Waals surface area contributed by atoms with Crippen molar-refractivity contribution in [2.45, 2.75) is 18.4 Å². The van der Waals surface area contributed by atoms with E-state index in [1.807, 2.05) is 12.1 Å². The number of aryl methyl sites for hydroxylation is 1. The van der Waals surface area contributed by atoms with Crippen molar-refractivity contribution >= 4 is 15.9 Å². The lowest BCUT2D eigenvalue weighted by atomic mass is 10.1. The second-order valence-corrected chi connectivity index (χ2v) is 7.97. The Labute approximate surface area is 153 Å². The maximum atomic E-state index is 12.8. The molecule has 8 heteroatoms. The summed E-state index contributed by atoms with van der Waals surface area (Å²) in [6, 6.07) is 8.27. The first-order chi connectivity index (χ1) is 12.5. The minimum absolute atomic E-state index is 0.124. The summed E-state index contributed by atoms with van der Waals surface area (Å²) in [6.07, 6.45) is 3.31. The topological polar surface area (TPSA) is 88.6 Å². The number of pyridine rings is 1. The van der Waals surface area contributed by atoms with Crippen molar-refractivity contribution in [3.63, 3.8) is 0 Å². The molecule has 138 valence electrons. The zero-order valence-corrected chi connectivity index (χ0v) is 15.3. The van der Waals surface area contributed by atoms with Gasteiger partial charge in [-0.3, -0.25) is 9.78 Å². The van der Waals surface area contributed by atoms with E-state index in [2.05, 4.69) is 10.3 Å². The van der Waals surface area contributed by atoms with Crippen LogP contribution in [0.5, 0.6) is 0 Å². The highest BCUT2D eigenvalue weighted by molar-refractivity contribution is 7.89. The van der Waals surface area contributed by atoms with Gasteiger partial charge in [0, 0.05) is 37.6 Å². The summed E-state index contributed by atoms with van der Waals surface area (Å²) in [5.74, 6) is -0.307. The number of carbonyl (C=O) groups excluding carboxylic acids is 1. The molecule has 1 fully saturated rings. The van der Waals surface area contributed by atoms with Gasteiger partial charge in [0.1, 0.15) is 0 Å². The van der Waals surface area contributed by atoms with E-state index in [1.54, 1.807) is 31.5 Å². The summed E-state index contributed by atoms with van der Waals surface area (Å²) in [4.78, 5) is 16.6. The number of benzene rings is 1. The van der Waals surface area contributed by atoms with Crippen molar-refractivity contribution in [1.29, 1.82) is 0 Å². The lowest BCUT2D eigenvalue weighted by molar-refractivity contribution is 0.0730. The summed E-state index contributed by atoms with van der Waals surface area (Å²) < 4.78 is 32.2. The Morgan fingerprint density at radius 3 is 2.58 bits per heavy atom. The molecule has 1 saturated heterocycles. The molecular formula is C18H21N3O4S. The molecule has 1 aliphatic rings. The number of carbonyl (C=O) groups is 1. The molecule has 0 spiro atoms. The molecular weight excluding hydrogens is 354 g/mol. The number of rotatable bonds is 5. The van der Waals surface area contributed by atoms with Crippen LogP contribution < -0.4 is 5.32 Å². The Bertz CT molecular complexity index is 879. The standard InChI is InChI=1S/C18H21N3O4S/c1-14-2-3-16(26(23,24)21-8-10-25-11-9-21)12-17(14)18(22)20-13-15-4-6-19-7-5-15/h2-7,12H,8-11,13H2,1H3,(H,20,22). The summed E-state index contributed by atoms with van der Waals surface area (Å²) in [6.45, 7) is 3.53. The molecule has 2 aromatic rings. The molecule has 0 atom stereocenters. The molecule has 0 unspecified atom stereocenters. The minimum atomic E-state index is -3.64. The molecule has 3 rings (SSSR count). The zero-order valence-electron chi connectivity index (χ0n) is 14.5. The van der Waals surface area contributed by atoms with Crippen LogP contribution in [0.2, 0.25) is 0 Å². The number of hydrogen-bond acceptors (Lipinski definition) is 5. The largest absolute Gasteiger partial charge is 0.379 e. The second kappa shape index (κ2) is 7.94. The normalized spacial score (nSPS) is 15.6. The van der Waals surface area contributed by atoms with Crippen LogP contribution in [0.4, 0.5) is 0 Å². The quantitative estimate of drug-likeness (QED) is 0.852. The average molecular weight is 375 g/mol. The van der Waals surface area contributed by atoms with Crippen LogP contribution in [-0.4, -0.2) is 49.9 Å². The van der Waals surface area contributed by atoms with Gasteiger partial charge in [-0.2, -0.15) is 4.31 Å². The van der Waals surface area contributed by atoms with E-state index in [9.17, 15) is 13.2 Å². The maximum Gasteiger partial charge on any atom is 0.251 e. The summed E-state index contributed by atoms with van der Waals surface area (Å²) >= 11 is 0. The molecule has 2 heterocycles. The van der Waals surface area contributed by atoms with Crippen molar-refractivity contribution in [2.24, 2.45) is 0 Å². The fraction of sp³-hybridized carbons (Fsp3) is 0.333. The molecule has 1 aromatic carbocycles. The molecule has 1 amide bonds. The number of nitrogens with zero attached hydrogens (tertiary/aromatic N) is 2. The Morgan fingerprint density at radius 1 is 1.19 bits per heavy atom. The fourth-order valence-electron chi connectivity index (χ4n) is 2.72. The van der Waals surface area contributed by atoms with Crippen LogP contribution in [0.25, 0.3) is 0 Å². The molecule has 0 saturated carbocycles. The highest BCUT2D eigenvalue weighted by atomic mass is 32.2. The van der Waals surface area contributed by atoms with Crippen LogP contribution in [0.3, 0.4) is 0 Å². The Balaban J connectivity index is 1.79. The predicted molar refractivity (Wildman–Crippen MR) is 96.2 cm³/mol. The van der Waals surface area contributed by atoms with E-state index in [4.69, 9.17) is 4.74 Å². The van der Waals surface area contributed by atoms with E-state index < -0.39 is 10.0 Å². The molecule has 0 radical (unpaired) electrons. The molecule has 1 aliphatic heterocycles. The number of ether oxygens (including phenoxy) is 1. The number of hydrogen-bond donors (Lipinski definition) is 1. The number of sulfonamides is 1. The van der Waals surface area contributed by atoms with Gasteiger partial charge in [-0.15, -0.1) is 0 Å². The molecule has 0 bridgehead atoms. The van der Waals surface area contributed by atoms with Gasteiger partial charge >= 0.3 is 0 Å². The average Bonchev–Trinajstić information content (AvgIpc) is 2.68. The highest BCUT2D eigenvalue weighted by Gasteiger charge is 2.27. The van der Waals surface area contributed by atoms with Crippen LogP contribution in [0.1, 0.15) is 21.5 Å². The summed E-state index contributed by atoms with van der Waals surface area (Å²) in [7, 11) is -3.64. The third-order valence-corrected chi connectivity index (χ3v) is 6.16. The third kappa shape index (κ3) is 4.09. The number of amides is 1. The second-order valence-electron chi connectivity index (χ2n) is 6.03. The van der Waals surface area contributed by atoms with E-state index in [0.717, 1.165) is 11.1 Å².